The maximum atomic E-state index is 10.9. The van der Waals surface area contributed by atoms with Crippen molar-refractivity contribution in [3.8, 4) is 0 Å². The molecule has 0 aromatic rings. The SMILES string of the molecule is CNC(C(C)=O)C1CCC1. The van der Waals surface area contributed by atoms with Crippen molar-refractivity contribution in [1.82, 2.24) is 5.32 Å². The maximum absolute atomic E-state index is 10.9. The minimum absolute atomic E-state index is 0.133. The molecule has 0 radical (unpaired) electrons. The van der Waals surface area contributed by atoms with E-state index in [1.54, 1.807) is 6.92 Å². The van der Waals surface area contributed by atoms with Crippen molar-refractivity contribution in [2.24, 2.45) is 5.92 Å². The second-order valence-electron chi connectivity index (χ2n) is 3.07. The van der Waals surface area contributed by atoms with Crippen LogP contribution in [0.2, 0.25) is 0 Å². The Balaban J connectivity index is 2.39. The first-order chi connectivity index (χ1) is 4.75. The molecule has 0 bridgehead atoms. The highest BCUT2D eigenvalue weighted by Gasteiger charge is 2.28. The minimum atomic E-state index is 0.133. The van der Waals surface area contributed by atoms with Gasteiger partial charge < -0.3 is 5.32 Å². The number of carbonyl (C=O) groups excluding carboxylic acids is 1. The van der Waals surface area contributed by atoms with E-state index in [2.05, 4.69) is 5.32 Å². The van der Waals surface area contributed by atoms with E-state index in [4.69, 9.17) is 0 Å². The molecule has 0 aromatic heterocycles. The Morgan fingerprint density at radius 2 is 2.20 bits per heavy atom. The number of rotatable bonds is 3. The van der Waals surface area contributed by atoms with Crippen LogP contribution in [0.4, 0.5) is 0 Å². The summed E-state index contributed by atoms with van der Waals surface area (Å²) >= 11 is 0. The number of hydrogen-bond acceptors (Lipinski definition) is 2. The van der Waals surface area contributed by atoms with E-state index < -0.39 is 0 Å². The van der Waals surface area contributed by atoms with Gasteiger partial charge in [0, 0.05) is 0 Å². The Hall–Kier alpha value is -0.370. The first kappa shape index (κ1) is 7.73. The summed E-state index contributed by atoms with van der Waals surface area (Å²) in [7, 11) is 1.87. The zero-order valence-corrected chi connectivity index (χ0v) is 6.68. The van der Waals surface area contributed by atoms with Crippen molar-refractivity contribution in [3.63, 3.8) is 0 Å². The first-order valence-corrected chi connectivity index (χ1v) is 3.93. The molecule has 0 spiro atoms. The van der Waals surface area contributed by atoms with Gasteiger partial charge in [-0.05, 0) is 32.7 Å². The van der Waals surface area contributed by atoms with Crippen molar-refractivity contribution >= 4 is 5.78 Å². The van der Waals surface area contributed by atoms with Crippen LogP contribution in [-0.2, 0) is 4.79 Å². The van der Waals surface area contributed by atoms with Gasteiger partial charge in [-0.1, -0.05) is 6.42 Å². The second kappa shape index (κ2) is 3.15. The molecule has 1 N–H and O–H groups in total. The summed E-state index contributed by atoms with van der Waals surface area (Å²) in [6, 6.07) is 0.133. The van der Waals surface area contributed by atoms with Crippen LogP contribution in [0.3, 0.4) is 0 Å². The zero-order valence-electron chi connectivity index (χ0n) is 6.68. The smallest absolute Gasteiger partial charge is 0.146 e. The molecule has 1 fully saturated rings. The quantitative estimate of drug-likeness (QED) is 0.634. The molecule has 0 saturated heterocycles. The van der Waals surface area contributed by atoms with Crippen LogP contribution in [0.5, 0.6) is 0 Å². The summed E-state index contributed by atoms with van der Waals surface area (Å²) in [4.78, 5) is 10.9. The van der Waals surface area contributed by atoms with Crippen LogP contribution in [-0.4, -0.2) is 18.9 Å². The van der Waals surface area contributed by atoms with E-state index >= 15 is 0 Å². The Bertz CT molecular complexity index is 129. The summed E-state index contributed by atoms with van der Waals surface area (Å²) in [5, 5.41) is 3.05. The third-order valence-corrected chi connectivity index (χ3v) is 2.37. The van der Waals surface area contributed by atoms with Crippen molar-refractivity contribution in [2.45, 2.75) is 32.2 Å². The average molecular weight is 141 g/mol. The lowest BCUT2D eigenvalue weighted by atomic mass is 9.78. The van der Waals surface area contributed by atoms with Crippen LogP contribution in [0.25, 0.3) is 0 Å². The summed E-state index contributed by atoms with van der Waals surface area (Å²) in [6.45, 7) is 1.67. The molecule has 1 rings (SSSR count). The van der Waals surface area contributed by atoms with E-state index in [1.807, 2.05) is 7.05 Å². The molecule has 2 heteroatoms. The van der Waals surface area contributed by atoms with Crippen molar-refractivity contribution in [2.75, 3.05) is 7.05 Å². The van der Waals surface area contributed by atoms with Crippen molar-refractivity contribution in [3.05, 3.63) is 0 Å². The fourth-order valence-corrected chi connectivity index (χ4v) is 1.54. The largest absolute Gasteiger partial charge is 0.310 e. The molecule has 0 aromatic carbocycles. The molecule has 1 unspecified atom stereocenters. The Kier molecular flexibility index (Phi) is 2.44. The number of carbonyl (C=O) groups is 1. The monoisotopic (exact) mass is 141 g/mol. The van der Waals surface area contributed by atoms with E-state index in [9.17, 15) is 4.79 Å². The Morgan fingerprint density at radius 3 is 2.30 bits per heavy atom. The summed E-state index contributed by atoms with van der Waals surface area (Å²) in [5.41, 5.74) is 0. The van der Waals surface area contributed by atoms with Crippen LogP contribution >= 0.6 is 0 Å². The third-order valence-electron chi connectivity index (χ3n) is 2.37. The predicted molar refractivity (Wildman–Crippen MR) is 40.9 cm³/mol. The van der Waals surface area contributed by atoms with Gasteiger partial charge >= 0.3 is 0 Å². The lowest BCUT2D eigenvalue weighted by Crippen LogP contribution is -2.42. The van der Waals surface area contributed by atoms with Crippen LogP contribution in [0.1, 0.15) is 26.2 Å². The van der Waals surface area contributed by atoms with E-state index in [0.29, 0.717) is 5.92 Å². The fraction of sp³-hybridized carbons (Fsp3) is 0.875. The summed E-state index contributed by atoms with van der Waals surface area (Å²) in [5.74, 6) is 0.912. The Labute approximate surface area is 62.0 Å². The average Bonchev–Trinajstić information content (AvgIpc) is 1.76. The van der Waals surface area contributed by atoms with Gasteiger partial charge in [-0.25, -0.2) is 0 Å². The highest BCUT2D eigenvalue weighted by molar-refractivity contribution is 5.81. The van der Waals surface area contributed by atoms with Crippen LogP contribution in [0, 0.1) is 5.92 Å². The van der Waals surface area contributed by atoms with E-state index in [-0.39, 0.29) is 11.8 Å². The molecular formula is C8H15NO. The molecule has 58 valence electrons. The van der Waals surface area contributed by atoms with Gasteiger partial charge in [-0.3, -0.25) is 4.79 Å². The van der Waals surface area contributed by atoms with Crippen molar-refractivity contribution in [1.29, 1.82) is 0 Å². The van der Waals surface area contributed by atoms with Crippen molar-refractivity contribution < 1.29 is 4.79 Å². The highest BCUT2D eigenvalue weighted by atomic mass is 16.1. The van der Waals surface area contributed by atoms with Gasteiger partial charge in [-0.15, -0.1) is 0 Å². The molecule has 2 nitrogen and oxygen atoms in total. The number of Topliss-reactive ketones (excluding diaryl/α,β-unsaturated/α-hetero) is 1. The number of ketones is 1. The molecule has 1 aliphatic carbocycles. The fourth-order valence-electron chi connectivity index (χ4n) is 1.54. The van der Waals surface area contributed by atoms with Gasteiger partial charge in [-0.2, -0.15) is 0 Å². The number of nitrogens with one attached hydrogen (secondary N) is 1. The maximum Gasteiger partial charge on any atom is 0.146 e. The van der Waals surface area contributed by atoms with E-state index in [1.165, 1.54) is 19.3 Å². The molecule has 1 atom stereocenters. The van der Waals surface area contributed by atoms with Gasteiger partial charge in [0.2, 0.25) is 0 Å². The minimum Gasteiger partial charge on any atom is -0.310 e. The lowest BCUT2D eigenvalue weighted by molar-refractivity contribution is -0.120. The summed E-state index contributed by atoms with van der Waals surface area (Å²) < 4.78 is 0. The predicted octanol–water partition coefficient (Wildman–Crippen LogP) is 0.963. The molecule has 0 aliphatic heterocycles. The number of hydrogen-bond donors (Lipinski definition) is 1. The van der Waals surface area contributed by atoms with Crippen LogP contribution < -0.4 is 5.32 Å². The normalized spacial score (nSPS) is 21.8. The van der Waals surface area contributed by atoms with Gasteiger partial charge in [0.25, 0.3) is 0 Å². The summed E-state index contributed by atoms with van der Waals surface area (Å²) in [6.07, 6.45) is 3.76. The van der Waals surface area contributed by atoms with E-state index in [0.717, 1.165) is 0 Å². The molecular weight excluding hydrogens is 126 g/mol. The first-order valence-electron chi connectivity index (χ1n) is 3.93. The second-order valence-corrected chi connectivity index (χ2v) is 3.07. The molecule has 0 amide bonds. The topological polar surface area (TPSA) is 29.1 Å². The van der Waals surface area contributed by atoms with Gasteiger partial charge in [0.05, 0.1) is 6.04 Å². The standard InChI is InChI=1S/C8H15NO/c1-6(10)8(9-2)7-4-3-5-7/h7-9H,3-5H2,1-2H3. The van der Waals surface area contributed by atoms with Gasteiger partial charge in [0.15, 0.2) is 0 Å². The Morgan fingerprint density at radius 1 is 1.60 bits per heavy atom. The zero-order chi connectivity index (χ0) is 7.56. The highest BCUT2D eigenvalue weighted by Crippen LogP contribution is 2.29. The third kappa shape index (κ3) is 1.37. The molecule has 1 saturated carbocycles. The lowest BCUT2D eigenvalue weighted by Gasteiger charge is -2.31. The molecule has 1 aliphatic rings. The number of likely N-dealkylation sites (N-methyl/N-ethyl adjacent to an activating group) is 1. The molecule has 0 heterocycles. The molecule has 10 heavy (non-hydrogen) atoms. The van der Waals surface area contributed by atoms with Gasteiger partial charge in [0.1, 0.15) is 5.78 Å². The van der Waals surface area contributed by atoms with Crippen LogP contribution in [0.15, 0.2) is 0 Å².